The van der Waals surface area contributed by atoms with E-state index in [9.17, 15) is 0 Å². The predicted octanol–water partition coefficient (Wildman–Crippen LogP) is 2.25. The van der Waals surface area contributed by atoms with E-state index in [0.29, 0.717) is 0 Å². The first-order valence-electron chi connectivity index (χ1n) is 6.27. The maximum absolute atomic E-state index is 3.23. The second-order valence-corrected chi connectivity index (χ2v) is 4.43. The van der Waals surface area contributed by atoms with Crippen molar-refractivity contribution in [1.29, 1.82) is 0 Å². The van der Waals surface area contributed by atoms with Crippen molar-refractivity contribution < 1.29 is 0 Å². The van der Waals surface area contributed by atoms with Gasteiger partial charge in [0.05, 0.1) is 0 Å². The molecule has 2 nitrogen and oxygen atoms in total. The minimum absolute atomic E-state index is 0.898. The zero-order chi connectivity index (χ0) is 10.2. The summed E-state index contributed by atoms with van der Waals surface area (Å²) in [5, 5.41) is 3.23. The molecular weight excluding hydrogens is 172 g/mol. The zero-order valence-corrected chi connectivity index (χ0v) is 9.89. The molecule has 1 saturated heterocycles. The lowest BCUT2D eigenvalue weighted by atomic mass is 10.1. The van der Waals surface area contributed by atoms with E-state index < -0.39 is 0 Å². The van der Waals surface area contributed by atoms with Crippen LogP contribution in [0.5, 0.6) is 0 Å². The van der Waals surface area contributed by atoms with Crippen molar-refractivity contribution in [3.05, 3.63) is 0 Å². The lowest BCUT2D eigenvalue weighted by Crippen LogP contribution is -2.30. The minimum atomic E-state index is 0.898. The van der Waals surface area contributed by atoms with Gasteiger partial charge in [-0.2, -0.15) is 0 Å². The zero-order valence-electron chi connectivity index (χ0n) is 9.89. The van der Waals surface area contributed by atoms with E-state index in [1.165, 1.54) is 58.2 Å². The Labute approximate surface area is 89.1 Å². The summed E-state index contributed by atoms with van der Waals surface area (Å²) in [6.07, 6.45) is 8.30. The molecule has 1 aliphatic heterocycles. The van der Waals surface area contributed by atoms with Crippen molar-refractivity contribution in [2.75, 3.05) is 26.7 Å². The first-order valence-corrected chi connectivity index (χ1v) is 6.27. The molecule has 1 fully saturated rings. The van der Waals surface area contributed by atoms with Gasteiger partial charge in [-0.15, -0.1) is 0 Å². The molecule has 0 aromatic rings. The molecular formula is C12H26N2. The highest BCUT2D eigenvalue weighted by Gasteiger charge is 2.22. The molecule has 1 unspecified atom stereocenters. The Bertz CT molecular complexity index is 136. The molecule has 0 aliphatic carbocycles. The maximum Gasteiger partial charge on any atom is 0.00962 e. The van der Waals surface area contributed by atoms with Gasteiger partial charge in [-0.1, -0.05) is 13.3 Å². The van der Waals surface area contributed by atoms with Gasteiger partial charge in [0.25, 0.3) is 0 Å². The Morgan fingerprint density at radius 3 is 2.93 bits per heavy atom. The van der Waals surface area contributed by atoms with Crippen LogP contribution in [0.2, 0.25) is 0 Å². The first kappa shape index (κ1) is 12.0. The Hall–Kier alpha value is -0.0800. The number of hydrogen-bond donors (Lipinski definition) is 1. The molecule has 14 heavy (non-hydrogen) atoms. The van der Waals surface area contributed by atoms with Crippen LogP contribution in [-0.2, 0) is 0 Å². The van der Waals surface area contributed by atoms with Crippen molar-refractivity contribution in [1.82, 2.24) is 10.2 Å². The van der Waals surface area contributed by atoms with Gasteiger partial charge in [0.1, 0.15) is 0 Å². The molecule has 0 spiro atoms. The molecule has 84 valence electrons. The molecule has 1 N–H and O–H groups in total. The van der Waals surface area contributed by atoms with Crippen LogP contribution in [-0.4, -0.2) is 37.6 Å². The van der Waals surface area contributed by atoms with Gasteiger partial charge in [0.2, 0.25) is 0 Å². The lowest BCUT2D eigenvalue weighted by Gasteiger charge is -2.24. The van der Waals surface area contributed by atoms with E-state index in [-0.39, 0.29) is 0 Å². The summed E-state index contributed by atoms with van der Waals surface area (Å²) in [6.45, 7) is 6.15. The molecule has 1 atom stereocenters. The number of unbranched alkanes of at least 4 members (excludes halogenated alkanes) is 1. The number of nitrogens with zero attached hydrogens (tertiary/aromatic N) is 1. The van der Waals surface area contributed by atoms with Crippen LogP contribution in [0.3, 0.4) is 0 Å². The topological polar surface area (TPSA) is 15.3 Å². The molecule has 0 saturated carbocycles. The molecule has 0 aromatic heterocycles. The summed E-state index contributed by atoms with van der Waals surface area (Å²) >= 11 is 0. The Morgan fingerprint density at radius 1 is 1.36 bits per heavy atom. The summed E-state index contributed by atoms with van der Waals surface area (Å²) in [5.41, 5.74) is 0. The fraction of sp³-hybridized carbons (Fsp3) is 1.00. The second-order valence-electron chi connectivity index (χ2n) is 4.43. The smallest absolute Gasteiger partial charge is 0.00962 e. The highest BCUT2D eigenvalue weighted by Crippen LogP contribution is 2.21. The van der Waals surface area contributed by atoms with E-state index in [1.54, 1.807) is 0 Å². The van der Waals surface area contributed by atoms with Gasteiger partial charge in [0.15, 0.2) is 0 Å². The molecule has 1 rings (SSSR count). The summed E-state index contributed by atoms with van der Waals surface area (Å²) in [6, 6.07) is 0.898. The van der Waals surface area contributed by atoms with Crippen molar-refractivity contribution in [2.24, 2.45) is 0 Å². The highest BCUT2D eigenvalue weighted by molar-refractivity contribution is 4.78. The van der Waals surface area contributed by atoms with E-state index in [0.717, 1.165) is 6.04 Å². The third-order valence-electron chi connectivity index (χ3n) is 3.26. The molecule has 1 heterocycles. The highest BCUT2D eigenvalue weighted by atomic mass is 15.2. The Balaban J connectivity index is 2.14. The molecule has 1 aliphatic rings. The van der Waals surface area contributed by atoms with E-state index >= 15 is 0 Å². The minimum Gasteiger partial charge on any atom is -0.320 e. The summed E-state index contributed by atoms with van der Waals surface area (Å²) in [7, 11) is 2.05. The average Bonchev–Trinajstić information content (AvgIpc) is 2.63. The van der Waals surface area contributed by atoms with Crippen molar-refractivity contribution in [2.45, 2.75) is 51.5 Å². The molecule has 0 radical (unpaired) electrons. The fourth-order valence-electron chi connectivity index (χ4n) is 2.39. The van der Waals surface area contributed by atoms with E-state index in [4.69, 9.17) is 0 Å². The number of hydrogen-bond acceptors (Lipinski definition) is 2. The van der Waals surface area contributed by atoms with Gasteiger partial charge in [-0.05, 0) is 58.8 Å². The van der Waals surface area contributed by atoms with E-state index in [1.807, 2.05) is 7.05 Å². The van der Waals surface area contributed by atoms with Crippen LogP contribution in [0.4, 0.5) is 0 Å². The molecule has 0 aromatic carbocycles. The van der Waals surface area contributed by atoms with Crippen LogP contribution in [0, 0.1) is 0 Å². The summed E-state index contributed by atoms with van der Waals surface area (Å²) in [4.78, 5) is 2.71. The number of nitrogens with one attached hydrogen (secondary N) is 1. The maximum atomic E-state index is 3.23. The van der Waals surface area contributed by atoms with Crippen LogP contribution in [0.25, 0.3) is 0 Å². The monoisotopic (exact) mass is 198 g/mol. The van der Waals surface area contributed by atoms with Crippen LogP contribution in [0.15, 0.2) is 0 Å². The van der Waals surface area contributed by atoms with Crippen molar-refractivity contribution >= 4 is 0 Å². The van der Waals surface area contributed by atoms with Crippen LogP contribution < -0.4 is 5.32 Å². The van der Waals surface area contributed by atoms with Crippen molar-refractivity contribution in [3.63, 3.8) is 0 Å². The molecule has 0 bridgehead atoms. The average molecular weight is 198 g/mol. The van der Waals surface area contributed by atoms with Gasteiger partial charge < -0.3 is 10.2 Å². The van der Waals surface area contributed by atoms with Gasteiger partial charge in [-0.3, -0.25) is 0 Å². The third kappa shape index (κ3) is 3.97. The lowest BCUT2D eigenvalue weighted by molar-refractivity contribution is 0.236. The summed E-state index contributed by atoms with van der Waals surface area (Å²) in [5.74, 6) is 0. The standard InChI is InChI=1S/C12H26N2/c1-3-4-10-14-11-6-8-12(14)7-5-9-13-2/h12-13H,3-11H2,1-2H3. The van der Waals surface area contributed by atoms with Gasteiger partial charge in [0, 0.05) is 6.04 Å². The van der Waals surface area contributed by atoms with Gasteiger partial charge in [-0.25, -0.2) is 0 Å². The second kappa shape index (κ2) is 7.24. The Kier molecular flexibility index (Phi) is 6.20. The van der Waals surface area contributed by atoms with Gasteiger partial charge >= 0.3 is 0 Å². The fourth-order valence-corrected chi connectivity index (χ4v) is 2.39. The SMILES string of the molecule is CCCCN1CCCC1CCCNC. The van der Waals surface area contributed by atoms with E-state index in [2.05, 4.69) is 17.1 Å². The Morgan fingerprint density at radius 2 is 2.21 bits per heavy atom. The normalized spacial score (nSPS) is 23.1. The summed E-state index contributed by atoms with van der Waals surface area (Å²) < 4.78 is 0. The van der Waals surface area contributed by atoms with Crippen LogP contribution in [0.1, 0.15) is 45.4 Å². The molecule has 2 heteroatoms. The number of rotatable bonds is 7. The quantitative estimate of drug-likeness (QED) is 0.631. The largest absolute Gasteiger partial charge is 0.320 e. The van der Waals surface area contributed by atoms with Crippen LogP contribution >= 0.6 is 0 Å². The molecule has 0 amide bonds. The number of likely N-dealkylation sites (tertiary alicyclic amines) is 1. The first-order chi connectivity index (χ1) is 6.88. The third-order valence-corrected chi connectivity index (χ3v) is 3.26. The predicted molar refractivity (Wildman–Crippen MR) is 62.7 cm³/mol. The van der Waals surface area contributed by atoms with Crippen molar-refractivity contribution in [3.8, 4) is 0 Å².